The maximum Gasteiger partial charge on any atom is 0.150 e. The van der Waals surface area contributed by atoms with E-state index in [0.717, 1.165) is 12.7 Å². The molecule has 0 amide bonds. The third-order valence-electron chi connectivity index (χ3n) is 1.03. The van der Waals surface area contributed by atoms with Gasteiger partial charge in [0.1, 0.15) is 6.29 Å². The van der Waals surface area contributed by atoms with Crippen LogP contribution < -0.4 is 0 Å². The van der Waals surface area contributed by atoms with Gasteiger partial charge in [0, 0.05) is 5.57 Å². The summed E-state index contributed by atoms with van der Waals surface area (Å²) in [7, 11) is 0. The van der Waals surface area contributed by atoms with Crippen LogP contribution in [0.15, 0.2) is 36.5 Å². The first-order valence-corrected chi connectivity index (χ1v) is 3.29. The van der Waals surface area contributed by atoms with Crippen LogP contribution in [0, 0.1) is 0 Å². The van der Waals surface area contributed by atoms with E-state index in [1.807, 2.05) is 19.1 Å². The Bertz CT molecular complexity index is 154. The molecule has 0 aromatic carbocycles. The number of aldehydes is 1. The topological polar surface area (TPSA) is 17.1 Å². The Labute approximate surface area is 61.8 Å². The number of rotatable bonds is 4. The lowest BCUT2D eigenvalue weighted by Crippen LogP contribution is -1.74. The summed E-state index contributed by atoms with van der Waals surface area (Å²) in [5, 5.41) is 0. The molecule has 1 heteroatoms. The summed E-state index contributed by atoms with van der Waals surface area (Å²) in [6.07, 6.45) is 8.88. The lowest BCUT2D eigenvalue weighted by Gasteiger charge is -1.82. The summed E-state index contributed by atoms with van der Waals surface area (Å²) in [6.45, 7) is 5.52. The highest BCUT2D eigenvalue weighted by Gasteiger charge is 1.80. The zero-order valence-electron chi connectivity index (χ0n) is 6.21. The average Bonchev–Trinajstić information content (AvgIpc) is 1.99. The normalized spacial score (nSPS) is 11.9. The average molecular weight is 136 g/mol. The van der Waals surface area contributed by atoms with Crippen molar-refractivity contribution in [3.8, 4) is 0 Å². The van der Waals surface area contributed by atoms with Gasteiger partial charge in [-0.25, -0.2) is 0 Å². The molecule has 0 bridgehead atoms. The third-order valence-corrected chi connectivity index (χ3v) is 1.03. The Morgan fingerprint density at radius 1 is 1.60 bits per heavy atom. The number of hydrogen-bond donors (Lipinski definition) is 0. The minimum Gasteiger partial charge on any atom is -0.298 e. The number of carbonyl (C=O) groups is 1. The van der Waals surface area contributed by atoms with Crippen LogP contribution in [0.1, 0.15) is 13.3 Å². The maximum atomic E-state index is 10.2. The number of allylic oxidation sites excluding steroid dienone is 5. The van der Waals surface area contributed by atoms with Gasteiger partial charge in [0.15, 0.2) is 0 Å². The molecule has 0 aromatic rings. The van der Waals surface area contributed by atoms with Crippen LogP contribution in [-0.4, -0.2) is 6.29 Å². The van der Waals surface area contributed by atoms with Crippen molar-refractivity contribution in [2.75, 3.05) is 0 Å². The first-order chi connectivity index (χ1) is 4.85. The first-order valence-electron chi connectivity index (χ1n) is 3.29. The van der Waals surface area contributed by atoms with Crippen molar-refractivity contribution in [1.82, 2.24) is 0 Å². The van der Waals surface area contributed by atoms with Gasteiger partial charge >= 0.3 is 0 Å². The molecule has 0 unspecified atom stereocenters. The van der Waals surface area contributed by atoms with Crippen LogP contribution in [-0.2, 0) is 4.79 Å². The minimum absolute atomic E-state index is 0.615. The third kappa shape index (κ3) is 3.84. The molecule has 0 heterocycles. The largest absolute Gasteiger partial charge is 0.298 e. The summed E-state index contributed by atoms with van der Waals surface area (Å²) in [5.41, 5.74) is 0.615. The van der Waals surface area contributed by atoms with Crippen molar-refractivity contribution in [2.45, 2.75) is 13.3 Å². The van der Waals surface area contributed by atoms with E-state index in [4.69, 9.17) is 0 Å². The molecular weight excluding hydrogens is 124 g/mol. The fraction of sp³-hybridized carbons (Fsp3) is 0.222. The molecule has 0 radical (unpaired) electrons. The van der Waals surface area contributed by atoms with Gasteiger partial charge in [0.05, 0.1) is 0 Å². The summed E-state index contributed by atoms with van der Waals surface area (Å²) >= 11 is 0. The van der Waals surface area contributed by atoms with Crippen LogP contribution >= 0.6 is 0 Å². The van der Waals surface area contributed by atoms with E-state index in [1.54, 1.807) is 6.08 Å². The quantitative estimate of drug-likeness (QED) is 0.329. The highest BCUT2D eigenvalue weighted by molar-refractivity contribution is 5.77. The summed E-state index contributed by atoms with van der Waals surface area (Å²) in [4.78, 5) is 10.2. The molecule has 1 nitrogen and oxygen atoms in total. The zero-order chi connectivity index (χ0) is 7.82. The summed E-state index contributed by atoms with van der Waals surface area (Å²) < 4.78 is 0. The first kappa shape index (κ1) is 8.89. The second-order valence-electron chi connectivity index (χ2n) is 1.83. The van der Waals surface area contributed by atoms with Crippen LogP contribution in [0.25, 0.3) is 0 Å². The standard InChI is InChI=1S/C9H12O/c1-3-5-6-7-9(4-2)8-10/h4-8H,2-3H2,1H3. The molecule has 0 aliphatic rings. The molecule has 0 fully saturated rings. The van der Waals surface area contributed by atoms with Gasteiger partial charge < -0.3 is 0 Å². The molecule has 0 atom stereocenters. The van der Waals surface area contributed by atoms with Gasteiger partial charge in [-0.05, 0) is 6.42 Å². The highest BCUT2D eigenvalue weighted by atomic mass is 16.1. The van der Waals surface area contributed by atoms with Crippen molar-refractivity contribution >= 4 is 6.29 Å². The Morgan fingerprint density at radius 3 is 2.70 bits per heavy atom. The molecule has 54 valence electrons. The van der Waals surface area contributed by atoms with Crippen molar-refractivity contribution in [3.05, 3.63) is 36.5 Å². The summed E-state index contributed by atoms with van der Waals surface area (Å²) in [5.74, 6) is 0. The van der Waals surface area contributed by atoms with Gasteiger partial charge in [0.25, 0.3) is 0 Å². The maximum absolute atomic E-state index is 10.2. The van der Waals surface area contributed by atoms with Gasteiger partial charge in [-0.2, -0.15) is 0 Å². The Balaban J connectivity index is 3.98. The molecule has 0 spiro atoms. The fourth-order valence-electron chi connectivity index (χ4n) is 0.471. The van der Waals surface area contributed by atoms with Crippen molar-refractivity contribution < 1.29 is 4.79 Å². The van der Waals surface area contributed by atoms with Crippen LogP contribution in [0.2, 0.25) is 0 Å². The predicted octanol–water partition coefficient (Wildman–Crippen LogP) is 2.26. The van der Waals surface area contributed by atoms with Crippen LogP contribution in [0.4, 0.5) is 0 Å². The van der Waals surface area contributed by atoms with E-state index in [-0.39, 0.29) is 0 Å². The molecular formula is C9H12O. The highest BCUT2D eigenvalue weighted by Crippen LogP contribution is 1.91. The van der Waals surface area contributed by atoms with E-state index in [9.17, 15) is 4.79 Å². The number of hydrogen-bond acceptors (Lipinski definition) is 1. The molecule has 0 saturated heterocycles. The minimum atomic E-state index is 0.615. The van der Waals surface area contributed by atoms with Crippen LogP contribution in [0.3, 0.4) is 0 Å². The molecule has 10 heavy (non-hydrogen) atoms. The van der Waals surface area contributed by atoms with Crippen molar-refractivity contribution in [1.29, 1.82) is 0 Å². The molecule has 0 aromatic heterocycles. The molecule has 0 aliphatic carbocycles. The van der Waals surface area contributed by atoms with Gasteiger partial charge in [-0.3, -0.25) is 4.79 Å². The Hall–Kier alpha value is -1.11. The molecule has 0 rings (SSSR count). The second kappa shape index (κ2) is 6.02. The lowest BCUT2D eigenvalue weighted by molar-refractivity contribution is -0.104. The SMILES string of the molecule is C=CC(C=O)=CC=CCC. The van der Waals surface area contributed by atoms with Crippen LogP contribution in [0.5, 0.6) is 0 Å². The van der Waals surface area contributed by atoms with E-state index in [2.05, 4.69) is 6.58 Å². The molecule has 0 aliphatic heterocycles. The van der Waals surface area contributed by atoms with E-state index >= 15 is 0 Å². The van der Waals surface area contributed by atoms with E-state index in [0.29, 0.717) is 5.57 Å². The van der Waals surface area contributed by atoms with E-state index in [1.165, 1.54) is 6.08 Å². The number of carbonyl (C=O) groups excluding carboxylic acids is 1. The second-order valence-corrected chi connectivity index (χ2v) is 1.83. The lowest BCUT2D eigenvalue weighted by atomic mass is 10.2. The fourth-order valence-corrected chi connectivity index (χ4v) is 0.471. The predicted molar refractivity (Wildman–Crippen MR) is 43.8 cm³/mol. The van der Waals surface area contributed by atoms with Crippen molar-refractivity contribution in [3.63, 3.8) is 0 Å². The van der Waals surface area contributed by atoms with Gasteiger partial charge in [0.2, 0.25) is 0 Å². The van der Waals surface area contributed by atoms with Gasteiger partial charge in [-0.15, -0.1) is 0 Å². The molecule has 0 N–H and O–H groups in total. The van der Waals surface area contributed by atoms with Gasteiger partial charge in [-0.1, -0.05) is 37.8 Å². The smallest absolute Gasteiger partial charge is 0.150 e. The Kier molecular flexibility index (Phi) is 5.35. The summed E-state index contributed by atoms with van der Waals surface area (Å²) in [6, 6.07) is 0. The molecule has 0 saturated carbocycles. The van der Waals surface area contributed by atoms with Crippen molar-refractivity contribution in [2.24, 2.45) is 0 Å². The Morgan fingerprint density at radius 2 is 2.30 bits per heavy atom. The zero-order valence-corrected chi connectivity index (χ0v) is 6.21. The van der Waals surface area contributed by atoms with E-state index < -0.39 is 0 Å². The monoisotopic (exact) mass is 136 g/mol.